The molecule has 0 N–H and O–H groups in total. The second-order valence-corrected chi connectivity index (χ2v) is 18.6. The molecule has 0 amide bonds. The summed E-state index contributed by atoms with van der Waals surface area (Å²) in [6, 6.07) is 53.6. The summed E-state index contributed by atoms with van der Waals surface area (Å²) < 4.78 is 0. The van der Waals surface area contributed by atoms with Crippen molar-refractivity contribution in [1.82, 2.24) is 0 Å². The zero-order valence-electron chi connectivity index (χ0n) is 33.6. The Morgan fingerprint density at radius 2 is 1.02 bits per heavy atom. The highest BCUT2D eigenvalue weighted by atomic mass is 15.1. The predicted molar refractivity (Wildman–Crippen MR) is 232 cm³/mol. The summed E-state index contributed by atoms with van der Waals surface area (Å²) >= 11 is 0. The Balaban J connectivity index is 1.22. The van der Waals surface area contributed by atoms with Crippen LogP contribution in [0.4, 0.5) is 17.1 Å². The Kier molecular flexibility index (Phi) is 7.91. The molecule has 0 radical (unpaired) electrons. The number of hydrogen-bond donors (Lipinski definition) is 0. The summed E-state index contributed by atoms with van der Waals surface area (Å²) in [5.74, 6) is 2.86. The second-order valence-electron chi connectivity index (χ2n) is 18.6. The lowest BCUT2D eigenvalue weighted by Gasteiger charge is -2.61. The third-order valence-electron chi connectivity index (χ3n) is 14.9. The summed E-state index contributed by atoms with van der Waals surface area (Å²) in [5.41, 5.74) is 17.9. The maximum Gasteiger partial charge on any atom is 0.0467 e. The fraction of sp³-hybridized carbons (Fsp3) is 0.333. The number of hydrogen-bond acceptors (Lipinski definition) is 1. The van der Waals surface area contributed by atoms with Gasteiger partial charge in [0.2, 0.25) is 0 Å². The van der Waals surface area contributed by atoms with Crippen molar-refractivity contribution in [1.29, 1.82) is 0 Å². The van der Waals surface area contributed by atoms with E-state index in [2.05, 4.69) is 186 Å². The molecule has 55 heavy (non-hydrogen) atoms. The van der Waals surface area contributed by atoms with Crippen LogP contribution in [0.5, 0.6) is 0 Å². The lowest BCUT2D eigenvalue weighted by Crippen LogP contribution is -2.56. The largest absolute Gasteiger partial charge is 0.310 e. The Morgan fingerprint density at radius 3 is 1.75 bits per heavy atom. The summed E-state index contributed by atoms with van der Waals surface area (Å²) in [5, 5.41) is 0. The molecule has 5 atom stereocenters. The van der Waals surface area contributed by atoms with E-state index in [1.54, 1.807) is 16.7 Å². The summed E-state index contributed by atoms with van der Waals surface area (Å²) in [7, 11) is 0. The Hall–Kier alpha value is -4.88. The monoisotopic (exact) mass is 717 g/mol. The maximum absolute atomic E-state index is 2.68. The van der Waals surface area contributed by atoms with E-state index in [-0.39, 0.29) is 16.2 Å². The molecule has 0 saturated heterocycles. The van der Waals surface area contributed by atoms with Gasteiger partial charge in [-0.15, -0.1) is 0 Å². The molecule has 2 fully saturated rings. The fourth-order valence-electron chi connectivity index (χ4n) is 12.4. The van der Waals surface area contributed by atoms with Crippen molar-refractivity contribution in [3.8, 4) is 22.3 Å². The molecule has 6 aromatic carbocycles. The number of anilines is 3. The van der Waals surface area contributed by atoms with Crippen molar-refractivity contribution >= 4 is 17.1 Å². The minimum atomic E-state index is -0.0847. The standard InChI is InChI=1S/C54H55N/c1-7-36-30-39-28-35(2)29-40(31-36)54(39)49-23-14-13-22-47(49)53(5,6)48-27-25-43(34-51(48)54)55(41-19-15-18-38(32-41)37-16-9-8-10-17-37)42-24-26-45-44-20-11-12-21-46(44)52(3,4)50(45)33-42/h8-27,32-36,39-40H,7,28-31H2,1-6H3/t35-,36+,39+,40-,54?. The molecule has 1 unspecified atom stereocenters. The normalized spacial score (nSPS) is 25.1. The number of benzene rings is 6. The van der Waals surface area contributed by atoms with Gasteiger partial charge in [0.25, 0.3) is 0 Å². The highest BCUT2D eigenvalue weighted by Gasteiger charge is 2.59. The molecule has 6 aromatic rings. The van der Waals surface area contributed by atoms with Gasteiger partial charge in [0.15, 0.2) is 0 Å². The average Bonchev–Trinajstić information content (AvgIpc) is 3.43. The van der Waals surface area contributed by atoms with Gasteiger partial charge < -0.3 is 4.90 Å². The SMILES string of the molecule is CC[C@@H]1C[C@H]2C[C@H](C)C[C@@H](C1)C21c2ccccc2C(C)(C)c2ccc(N(c3cccc(-c4ccccc4)c3)c3ccc4c(c3)C(C)(C)c3ccccc3-4)cc21. The predicted octanol–water partition coefficient (Wildman–Crippen LogP) is 14.5. The zero-order valence-corrected chi connectivity index (χ0v) is 33.6. The molecule has 2 saturated carbocycles. The van der Waals surface area contributed by atoms with E-state index in [1.165, 1.54) is 88.1 Å². The molecule has 0 heterocycles. The van der Waals surface area contributed by atoms with E-state index >= 15 is 0 Å². The van der Waals surface area contributed by atoms with Crippen LogP contribution in [0, 0.1) is 23.7 Å². The smallest absolute Gasteiger partial charge is 0.0467 e. The molecular formula is C54H55N. The van der Waals surface area contributed by atoms with Crippen LogP contribution in [0.25, 0.3) is 22.3 Å². The van der Waals surface area contributed by atoms with Crippen molar-refractivity contribution in [2.75, 3.05) is 4.90 Å². The van der Waals surface area contributed by atoms with Crippen LogP contribution in [-0.2, 0) is 16.2 Å². The van der Waals surface area contributed by atoms with Crippen LogP contribution in [0.15, 0.2) is 140 Å². The van der Waals surface area contributed by atoms with Gasteiger partial charge in [0, 0.05) is 33.3 Å². The summed E-state index contributed by atoms with van der Waals surface area (Å²) in [6.45, 7) is 14.7. The van der Waals surface area contributed by atoms with Crippen LogP contribution in [0.1, 0.15) is 107 Å². The van der Waals surface area contributed by atoms with Gasteiger partial charge in [-0.25, -0.2) is 0 Å². The number of rotatable bonds is 5. The molecule has 2 bridgehead atoms. The lowest BCUT2D eigenvalue weighted by atomic mass is 9.42. The lowest BCUT2D eigenvalue weighted by molar-refractivity contribution is 0.0175. The highest BCUT2D eigenvalue weighted by Crippen LogP contribution is 2.66. The minimum absolute atomic E-state index is 0.0226. The van der Waals surface area contributed by atoms with Crippen LogP contribution in [0.2, 0.25) is 0 Å². The fourth-order valence-corrected chi connectivity index (χ4v) is 12.4. The van der Waals surface area contributed by atoms with Crippen molar-refractivity contribution in [2.45, 2.75) is 89.9 Å². The molecular weight excluding hydrogens is 663 g/mol. The number of nitrogens with zero attached hydrogens (tertiary/aromatic N) is 1. The molecule has 0 aliphatic heterocycles. The van der Waals surface area contributed by atoms with E-state index in [4.69, 9.17) is 0 Å². The average molecular weight is 718 g/mol. The Morgan fingerprint density at radius 1 is 0.473 bits per heavy atom. The first-order valence-electron chi connectivity index (χ1n) is 21.1. The molecule has 1 nitrogen and oxygen atoms in total. The van der Waals surface area contributed by atoms with Crippen LogP contribution >= 0.6 is 0 Å². The van der Waals surface area contributed by atoms with E-state index in [1.807, 2.05) is 0 Å². The van der Waals surface area contributed by atoms with Gasteiger partial charge >= 0.3 is 0 Å². The van der Waals surface area contributed by atoms with Gasteiger partial charge in [-0.2, -0.15) is 0 Å². The molecule has 1 spiro atoms. The van der Waals surface area contributed by atoms with Gasteiger partial charge in [-0.1, -0.05) is 151 Å². The van der Waals surface area contributed by atoms with E-state index in [9.17, 15) is 0 Å². The van der Waals surface area contributed by atoms with Crippen molar-refractivity contribution in [3.63, 3.8) is 0 Å². The zero-order chi connectivity index (χ0) is 37.7. The second kappa shape index (κ2) is 12.6. The quantitative estimate of drug-likeness (QED) is 0.172. The van der Waals surface area contributed by atoms with E-state index in [0.29, 0.717) is 11.8 Å². The molecule has 1 heteroatoms. The highest BCUT2D eigenvalue weighted by molar-refractivity contribution is 5.87. The minimum Gasteiger partial charge on any atom is -0.310 e. The summed E-state index contributed by atoms with van der Waals surface area (Å²) in [6.07, 6.45) is 6.59. The van der Waals surface area contributed by atoms with Crippen LogP contribution in [-0.4, -0.2) is 0 Å². The van der Waals surface area contributed by atoms with Crippen LogP contribution < -0.4 is 4.90 Å². The van der Waals surface area contributed by atoms with E-state index in [0.717, 1.165) is 11.8 Å². The third-order valence-corrected chi connectivity index (χ3v) is 14.9. The maximum atomic E-state index is 2.68. The first-order chi connectivity index (χ1) is 26.6. The number of fused-ring (bicyclic) bond motifs is 5. The van der Waals surface area contributed by atoms with Crippen molar-refractivity contribution in [3.05, 3.63) is 173 Å². The van der Waals surface area contributed by atoms with Crippen molar-refractivity contribution in [2.24, 2.45) is 23.7 Å². The third kappa shape index (κ3) is 5.04. The van der Waals surface area contributed by atoms with Gasteiger partial charge in [0.1, 0.15) is 0 Å². The first-order valence-corrected chi connectivity index (χ1v) is 21.1. The molecule has 276 valence electrons. The van der Waals surface area contributed by atoms with Gasteiger partial charge in [0.05, 0.1) is 0 Å². The van der Waals surface area contributed by atoms with Gasteiger partial charge in [-0.05, 0) is 141 Å². The summed E-state index contributed by atoms with van der Waals surface area (Å²) in [4.78, 5) is 2.57. The Labute approximate surface area is 329 Å². The van der Waals surface area contributed by atoms with Crippen molar-refractivity contribution < 1.29 is 0 Å². The molecule has 0 aromatic heterocycles. The first kappa shape index (κ1) is 34.6. The van der Waals surface area contributed by atoms with E-state index < -0.39 is 0 Å². The topological polar surface area (TPSA) is 3.24 Å². The molecule has 4 aliphatic rings. The molecule has 10 rings (SSSR count). The molecule has 4 aliphatic carbocycles. The Bertz CT molecular complexity index is 2410. The van der Waals surface area contributed by atoms with Gasteiger partial charge in [-0.3, -0.25) is 0 Å². The van der Waals surface area contributed by atoms with Crippen LogP contribution in [0.3, 0.4) is 0 Å².